The van der Waals surface area contributed by atoms with E-state index in [-0.39, 0.29) is 17.0 Å². The number of rotatable bonds is 3. The van der Waals surface area contributed by atoms with Crippen LogP contribution in [-0.2, 0) is 19.6 Å². The SMILES string of the molecule is CN1Cc2nnc(C(=O)NC(C)(C)C)n2C[C@@]12CCN(Cc1ccco1)C2. The Bertz CT molecular complexity index is 822. The summed E-state index contributed by atoms with van der Waals surface area (Å²) in [6, 6.07) is 3.94. The molecule has 4 heterocycles. The summed E-state index contributed by atoms with van der Waals surface area (Å²) in [5.41, 5.74) is -0.321. The van der Waals surface area contributed by atoms with Gasteiger partial charge in [-0.1, -0.05) is 0 Å². The van der Waals surface area contributed by atoms with Crippen molar-refractivity contribution >= 4 is 5.91 Å². The number of aromatic nitrogens is 3. The number of carbonyl (C=O) groups excluding carboxylic acids is 1. The average Bonchev–Trinajstić information content (AvgIpc) is 3.28. The normalized spacial score (nSPS) is 23.7. The first kappa shape index (κ1) is 18.2. The van der Waals surface area contributed by atoms with E-state index in [1.807, 2.05) is 37.5 Å². The lowest BCUT2D eigenvalue weighted by atomic mass is 9.94. The van der Waals surface area contributed by atoms with Gasteiger partial charge in [0.05, 0.1) is 24.9 Å². The minimum absolute atomic E-state index is 0.0151. The molecule has 1 spiro atoms. The van der Waals surface area contributed by atoms with Crippen LogP contribution >= 0.6 is 0 Å². The summed E-state index contributed by atoms with van der Waals surface area (Å²) in [7, 11) is 2.14. The Hall–Kier alpha value is -2.19. The van der Waals surface area contributed by atoms with Crippen molar-refractivity contribution < 1.29 is 9.21 Å². The molecule has 146 valence electrons. The number of nitrogens with one attached hydrogen (secondary N) is 1. The number of carbonyl (C=O) groups is 1. The zero-order valence-electron chi connectivity index (χ0n) is 16.5. The maximum Gasteiger partial charge on any atom is 0.289 e. The Morgan fingerprint density at radius 2 is 2.15 bits per heavy atom. The molecule has 1 fully saturated rings. The summed E-state index contributed by atoms with van der Waals surface area (Å²) >= 11 is 0. The third-order valence-electron chi connectivity index (χ3n) is 5.53. The second-order valence-electron chi connectivity index (χ2n) is 8.85. The smallest absolute Gasteiger partial charge is 0.289 e. The minimum Gasteiger partial charge on any atom is -0.468 e. The standard InChI is InChI=1S/C19H28N6O2/c1-18(2,3)20-17(26)16-22-21-15-11-23(4)19(13-25(15)16)7-8-24(12-19)10-14-6-5-9-27-14/h5-6,9H,7-8,10-13H2,1-4H3,(H,20,26)/t19-/m0/s1. The van der Waals surface area contributed by atoms with Gasteiger partial charge in [0.2, 0.25) is 5.82 Å². The van der Waals surface area contributed by atoms with Crippen LogP contribution in [0.4, 0.5) is 0 Å². The molecule has 1 saturated heterocycles. The van der Waals surface area contributed by atoms with Gasteiger partial charge in [-0.25, -0.2) is 0 Å². The second-order valence-corrected chi connectivity index (χ2v) is 8.85. The molecule has 8 nitrogen and oxygen atoms in total. The lowest BCUT2D eigenvalue weighted by Crippen LogP contribution is -2.55. The molecule has 4 rings (SSSR count). The monoisotopic (exact) mass is 372 g/mol. The van der Waals surface area contributed by atoms with Crippen LogP contribution in [0.1, 0.15) is 49.4 Å². The van der Waals surface area contributed by atoms with E-state index in [4.69, 9.17) is 4.42 Å². The topological polar surface area (TPSA) is 79.4 Å². The zero-order valence-corrected chi connectivity index (χ0v) is 16.5. The highest BCUT2D eigenvalue weighted by Crippen LogP contribution is 2.34. The molecule has 8 heteroatoms. The fourth-order valence-electron chi connectivity index (χ4n) is 4.12. The number of hydrogen-bond donors (Lipinski definition) is 1. The molecule has 1 N–H and O–H groups in total. The van der Waals surface area contributed by atoms with Crippen LogP contribution in [-0.4, -0.2) is 61.7 Å². The highest BCUT2D eigenvalue weighted by Gasteiger charge is 2.46. The maximum absolute atomic E-state index is 12.7. The van der Waals surface area contributed by atoms with Crippen LogP contribution in [0, 0.1) is 0 Å². The number of fused-ring (bicyclic) bond motifs is 1. The number of nitrogens with zero attached hydrogens (tertiary/aromatic N) is 5. The van der Waals surface area contributed by atoms with Crippen molar-refractivity contribution in [3.63, 3.8) is 0 Å². The van der Waals surface area contributed by atoms with Gasteiger partial charge in [-0.05, 0) is 46.4 Å². The highest BCUT2D eigenvalue weighted by atomic mass is 16.3. The predicted molar refractivity (Wildman–Crippen MR) is 100 cm³/mol. The van der Waals surface area contributed by atoms with E-state index in [2.05, 4.69) is 32.4 Å². The van der Waals surface area contributed by atoms with Gasteiger partial charge in [0.1, 0.15) is 11.6 Å². The van der Waals surface area contributed by atoms with Gasteiger partial charge in [-0.3, -0.25) is 14.6 Å². The summed E-state index contributed by atoms with van der Waals surface area (Å²) in [5.74, 6) is 2.09. The second kappa shape index (κ2) is 6.45. The van der Waals surface area contributed by atoms with E-state index in [1.54, 1.807) is 6.26 Å². The Balaban J connectivity index is 1.54. The van der Waals surface area contributed by atoms with Crippen LogP contribution in [0.2, 0.25) is 0 Å². The van der Waals surface area contributed by atoms with E-state index in [9.17, 15) is 4.79 Å². The molecule has 2 aromatic rings. The van der Waals surface area contributed by atoms with Gasteiger partial charge >= 0.3 is 0 Å². The molecule has 1 atom stereocenters. The molecule has 0 radical (unpaired) electrons. The first-order valence-electron chi connectivity index (χ1n) is 9.46. The van der Waals surface area contributed by atoms with Crippen molar-refractivity contribution in [3.05, 3.63) is 35.8 Å². The quantitative estimate of drug-likeness (QED) is 0.879. The molecule has 2 aromatic heterocycles. The number of amides is 1. The molecule has 2 aliphatic rings. The first-order valence-corrected chi connectivity index (χ1v) is 9.46. The summed E-state index contributed by atoms with van der Waals surface area (Å²) in [4.78, 5) is 17.5. The van der Waals surface area contributed by atoms with E-state index < -0.39 is 0 Å². The number of likely N-dealkylation sites (tertiary alicyclic amines) is 1. The third kappa shape index (κ3) is 3.51. The van der Waals surface area contributed by atoms with Gasteiger partial charge in [0.25, 0.3) is 5.91 Å². The van der Waals surface area contributed by atoms with Crippen molar-refractivity contribution in [1.82, 2.24) is 29.9 Å². The Kier molecular flexibility index (Phi) is 4.35. The Labute approximate surface area is 159 Å². The number of furan rings is 1. The van der Waals surface area contributed by atoms with Crippen molar-refractivity contribution in [1.29, 1.82) is 0 Å². The molecule has 0 aliphatic carbocycles. The average molecular weight is 372 g/mol. The molecule has 1 amide bonds. The zero-order chi connectivity index (χ0) is 19.2. The maximum atomic E-state index is 12.7. The van der Waals surface area contributed by atoms with Crippen LogP contribution in [0.5, 0.6) is 0 Å². The third-order valence-corrected chi connectivity index (χ3v) is 5.53. The van der Waals surface area contributed by atoms with Crippen molar-refractivity contribution in [2.75, 3.05) is 20.1 Å². The largest absolute Gasteiger partial charge is 0.468 e. The Morgan fingerprint density at radius 3 is 2.85 bits per heavy atom. The van der Waals surface area contributed by atoms with Crippen LogP contribution < -0.4 is 5.32 Å². The molecule has 0 saturated carbocycles. The van der Waals surface area contributed by atoms with Crippen molar-refractivity contribution in [2.45, 2.75) is 57.9 Å². The molecule has 0 aromatic carbocycles. The Morgan fingerprint density at radius 1 is 1.33 bits per heavy atom. The number of likely N-dealkylation sites (N-methyl/N-ethyl adjacent to an activating group) is 1. The summed E-state index contributed by atoms with van der Waals surface area (Å²) in [6.45, 7) is 10.1. The van der Waals surface area contributed by atoms with Crippen molar-refractivity contribution in [3.8, 4) is 0 Å². The van der Waals surface area contributed by atoms with Crippen LogP contribution in [0.15, 0.2) is 22.8 Å². The van der Waals surface area contributed by atoms with E-state index in [0.717, 1.165) is 44.2 Å². The number of hydrogen-bond acceptors (Lipinski definition) is 6. The fraction of sp³-hybridized carbons (Fsp3) is 0.632. The molecule has 27 heavy (non-hydrogen) atoms. The lowest BCUT2D eigenvalue weighted by molar-refractivity contribution is 0.0638. The first-order chi connectivity index (χ1) is 12.8. The van der Waals surface area contributed by atoms with Gasteiger partial charge in [-0.2, -0.15) is 0 Å². The van der Waals surface area contributed by atoms with Gasteiger partial charge in [0.15, 0.2) is 0 Å². The van der Waals surface area contributed by atoms with Crippen LogP contribution in [0.3, 0.4) is 0 Å². The minimum atomic E-state index is -0.306. The van der Waals surface area contributed by atoms with Gasteiger partial charge < -0.3 is 14.3 Å². The lowest BCUT2D eigenvalue weighted by Gasteiger charge is -2.42. The highest BCUT2D eigenvalue weighted by molar-refractivity contribution is 5.91. The molecule has 2 aliphatic heterocycles. The van der Waals surface area contributed by atoms with E-state index in [0.29, 0.717) is 12.4 Å². The molecule has 0 bridgehead atoms. The van der Waals surface area contributed by atoms with Crippen LogP contribution in [0.25, 0.3) is 0 Å². The summed E-state index contributed by atoms with van der Waals surface area (Å²) in [6.07, 6.45) is 2.76. The van der Waals surface area contributed by atoms with E-state index >= 15 is 0 Å². The molecular weight excluding hydrogens is 344 g/mol. The molecular formula is C19H28N6O2. The van der Waals surface area contributed by atoms with Gasteiger partial charge in [-0.15, -0.1) is 10.2 Å². The van der Waals surface area contributed by atoms with Gasteiger partial charge in [0, 0.05) is 25.2 Å². The van der Waals surface area contributed by atoms with E-state index in [1.165, 1.54) is 0 Å². The predicted octanol–water partition coefficient (Wildman–Crippen LogP) is 1.49. The summed E-state index contributed by atoms with van der Waals surface area (Å²) < 4.78 is 7.52. The fourth-order valence-corrected chi connectivity index (χ4v) is 4.12. The van der Waals surface area contributed by atoms with Crippen molar-refractivity contribution in [2.24, 2.45) is 0 Å². The summed E-state index contributed by atoms with van der Waals surface area (Å²) in [5, 5.41) is 11.5. The molecule has 0 unspecified atom stereocenters.